The fraction of sp³-hybridized carbons (Fsp3) is 0.533. The van der Waals surface area contributed by atoms with E-state index in [0.29, 0.717) is 4.90 Å². The van der Waals surface area contributed by atoms with E-state index < -0.39 is 16.6 Å². The second-order valence-electron chi connectivity index (χ2n) is 5.49. The third-order valence-corrected chi connectivity index (χ3v) is 4.16. The highest BCUT2D eigenvalue weighted by molar-refractivity contribution is 7.75. The van der Waals surface area contributed by atoms with Gasteiger partial charge < -0.3 is 13.5 Å². The Morgan fingerprint density at radius 2 is 1.70 bits per heavy atom. The fourth-order valence-corrected chi connectivity index (χ4v) is 3.07. The van der Waals surface area contributed by atoms with Crippen LogP contribution in [0.3, 0.4) is 0 Å². The van der Waals surface area contributed by atoms with E-state index in [1.165, 1.54) is 0 Å². The molecule has 0 aliphatic rings. The van der Waals surface area contributed by atoms with Crippen molar-refractivity contribution in [3.05, 3.63) is 29.3 Å². The summed E-state index contributed by atoms with van der Waals surface area (Å²) in [7, 11) is -1.66. The summed E-state index contributed by atoms with van der Waals surface area (Å²) in [5, 5.41) is 0. The maximum Gasteiger partial charge on any atom is 0.320 e. The topological polar surface area (TPSA) is 49.7 Å². The Morgan fingerprint density at radius 3 is 2.20 bits per heavy atom. The lowest BCUT2D eigenvalue weighted by Crippen LogP contribution is -2.40. The average Bonchev–Trinajstić information content (AvgIpc) is 2.30. The molecule has 0 N–H and O–H groups in total. The van der Waals surface area contributed by atoms with Crippen LogP contribution in [0.15, 0.2) is 27.5 Å². The Balaban J connectivity index is 3.13. The van der Waals surface area contributed by atoms with Crippen LogP contribution in [-0.2, 0) is 14.8 Å². The van der Waals surface area contributed by atoms with E-state index in [1.807, 2.05) is 59.7 Å². The van der Waals surface area contributed by atoms with Crippen LogP contribution >= 0.6 is 0 Å². The van der Waals surface area contributed by atoms with E-state index >= 15 is 0 Å². The lowest BCUT2D eigenvalue weighted by molar-refractivity contribution is 0.175. The molecule has 0 saturated heterocycles. The zero-order valence-electron chi connectivity index (χ0n) is 13.0. The SMILES string of the molecule is Cc1ccc(C)c(/[S-](=O)=N/C(=O)N(C(C)C)C(C)C)c1. The van der Waals surface area contributed by atoms with E-state index in [9.17, 15) is 9.00 Å². The second-order valence-corrected chi connectivity index (χ2v) is 6.61. The number of hydrogen-bond donors (Lipinski definition) is 0. The molecule has 112 valence electrons. The minimum absolute atomic E-state index is 0.0295. The van der Waals surface area contributed by atoms with Crippen LogP contribution in [0.1, 0.15) is 38.8 Å². The highest BCUT2D eigenvalue weighted by atomic mass is 32.2. The van der Waals surface area contributed by atoms with Crippen molar-refractivity contribution in [1.82, 2.24) is 4.90 Å². The molecule has 1 rings (SSSR count). The van der Waals surface area contributed by atoms with Crippen LogP contribution in [0.5, 0.6) is 0 Å². The van der Waals surface area contributed by atoms with Gasteiger partial charge in [0.15, 0.2) is 0 Å². The molecule has 0 aliphatic carbocycles. The van der Waals surface area contributed by atoms with Gasteiger partial charge in [-0.25, -0.2) is 4.79 Å². The lowest BCUT2D eigenvalue weighted by atomic mass is 10.2. The first-order valence-corrected chi connectivity index (χ1v) is 7.88. The maximum absolute atomic E-state index is 12.3. The third kappa shape index (κ3) is 4.07. The van der Waals surface area contributed by atoms with Crippen molar-refractivity contribution in [3.8, 4) is 0 Å². The van der Waals surface area contributed by atoms with Gasteiger partial charge in [-0.1, -0.05) is 34.2 Å². The molecular weight excluding hydrogens is 272 g/mol. The van der Waals surface area contributed by atoms with Crippen LogP contribution < -0.4 is 0 Å². The molecule has 4 nitrogen and oxygen atoms in total. The highest BCUT2D eigenvalue weighted by Crippen LogP contribution is 2.14. The predicted octanol–water partition coefficient (Wildman–Crippen LogP) is 4.05. The molecule has 1 aromatic rings. The summed E-state index contributed by atoms with van der Waals surface area (Å²) >= 11 is 0. The van der Waals surface area contributed by atoms with Crippen LogP contribution in [0.25, 0.3) is 0 Å². The van der Waals surface area contributed by atoms with Crippen molar-refractivity contribution in [1.29, 1.82) is 0 Å². The Morgan fingerprint density at radius 1 is 1.15 bits per heavy atom. The first kappa shape index (κ1) is 16.7. The molecule has 0 aliphatic heterocycles. The van der Waals surface area contributed by atoms with E-state index in [1.54, 1.807) is 4.90 Å². The Hall–Kier alpha value is -1.36. The molecule has 0 unspecified atom stereocenters. The molecule has 20 heavy (non-hydrogen) atoms. The van der Waals surface area contributed by atoms with Crippen LogP contribution in [-0.4, -0.2) is 23.0 Å². The Labute approximate surface area is 123 Å². The van der Waals surface area contributed by atoms with Gasteiger partial charge in [0.1, 0.15) is 0 Å². The van der Waals surface area contributed by atoms with E-state index in [2.05, 4.69) is 4.36 Å². The third-order valence-electron chi connectivity index (χ3n) is 3.03. The molecular formula is C15H23N2O2S-. The van der Waals surface area contributed by atoms with Gasteiger partial charge in [-0.15, -0.1) is 0 Å². The maximum atomic E-state index is 12.3. The predicted molar refractivity (Wildman–Crippen MR) is 82.2 cm³/mol. The number of rotatable bonds is 3. The standard InChI is InChI=1S/C15H23N2O2S/c1-10(2)17(11(3)4)15(18)16-20(19)14-9-12(5)7-8-13(14)6/h7-11H,1-6H3/q-1. The largest absolute Gasteiger partial charge is 0.439 e. The summed E-state index contributed by atoms with van der Waals surface area (Å²) in [5.41, 5.74) is 1.89. The molecule has 2 amide bonds. The molecule has 0 radical (unpaired) electrons. The summed E-state index contributed by atoms with van der Waals surface area (Å²) in [6, 6.07) is 5.30. The van der Waals surface area contributed by atoms with E-state index in [4.69, 9.17) is 0 Å². The van der Waals surface area contributed by atoms with Crippen molar-refractivity contribution in [2.45, 2.75) is 58.5 Å². The molecule has 0 saturated carbocycles. The number of benzene rings is 1. The first-order valence-electron chi connectivity index (χ1n) is 6.77. The molecule has 0 fully saturated rings. The molecule has 0 atom stereocenters. The van der Waals surface area contributed by atoms with Gasteiger partial charge in [0.25, 0.3) is 0 Å². The van der Waals surface area contributed by atoms with Crippen molar-refractivity contribution in [2.24, 2.45) is 4.36 Å². The van der Waals surface area contributed by atoms with Gasteiger partial charge in [-0.05, 0) is 41.5 Å². The summed E-state index contributed by atoms with van der Waals surface area (Å²) in [6.45, 7) is 11.5. The van der Waals surface area contributed by atoms with Gasteiger partial charge in [0.2, 0.25) is 0 Å². The highest BCUT2D eigenvalue weighted by Gasteiger charge is 2.17. The average molecular weight is 295 g/mol. The minimum Gasteiger partial charge on any atom is -0.439 e. The lowest BCUT2D eigenvalue weighted by Gasteiger charge is -2.29. The molecule has 0 spiro atoms. The normalized spacial score (nSPS) is 13.0. The van der Waals surface area contributed by atoms with Crippen molar-refractivity contribution < 1.29 is 9.00 Å². The molecule has 5 heteroatoms. The quantitative estimate of drug-likeness (QED) is 0.790. The number of hydrogen-bond acceptors (Lipinski definition) is 3. The van der Waals surface area contributed by atoms with Gasteiger partial charge >= 0.3 is 6.03 Å². The number of amides is 2. The van der Waals surface area contributed by atoms with E-state index in [0.717, 1.165) is 11.1 Å². The summed E-state index contributed by atoms with van der Waals surface area (Å²) in [5.74, 6) is 0. The van der Waals surface area contributed by atoms with Crippen LogP contribution in [0, 0.1) is 13.8 Å². The monoisotopic (exact) mass is 295 g/mol. The first-order chi connectivity index (χ1) is 9.23. The number of urea groups is 1. The molecule has 0 bridgehead atoms. The molecule has 0 aromatic heterocycles. The van der Waals surface area contributed by atoms with Crippen LogP contribution in [0.2, 0.25) is 0 Å². The van der Waals surface area contributed by atoms with Gasteiger partial charge in [-0.3, -0.25) is 0 Å². The van der Waals surface area contributed by atoms with Crippen molar-refractivity contribution in [3.63, 3.8) is 0 Å². The second kappa shape index (κ2) is 6.88. The van der Waals surface area contributed by atoms with Crippen molar-refractivity contribution in [2.75, 3.05) is 0 Å². The van der Waals surface area contributed by atoms with Gasteiger partial charge in [0.05, 0.1) is 0 Å². The Kier molecular flexibility index (Phi) is 5.74. The minimum atomic E-state index is -1.66. The van der Waals surface area contributed by atoms with Crippen LogP contribution in [0.4, 0.5) is 4.79 Å². The van der Waals surface area contributed by atoms with E-state index in [-0.39, 0.29) is 12.1 Å². The molecule has 0 heterocycles. The Bertz CT molecular complexity index is 565. The number of carbonyl (C=O) groups is 1. The summed E-state index contributed by atoms with van der Waals surface area (Å²) < 4.78 is 16.1. The van der Waals surface area contributed by atoms with Crippen molar-refractivity contribution >= 4 is 16.6 Å². The summed E-state index contributed by atoms with van der Waals surface area (Å²) in [4.78, 5) is 14.4. The zero-order valence-corrected chi connectivity index (χ0v) is 13.8. The van der Waals surface area contributed by atoms with Gasteiger partial charge in [0, 0.05) is 12.1 Å². The smallest absolute Gasteiger partial charge is 0.320 e. The number of carbonyl (C=O) groups excluding carboxylic acids is 1. The fourth-order valence-electron chi connectivity index (χ4n) is 2.10. The zero-order chi connectivity index (χ0) is 15.4. The number of aryl methyl sites for hydroxylation is 2. The van der Waals surface area contributed by atoms with Gasteiger partial charge in [-0.2, -0.15) is 10.6 Å². The summed E-state index contributed by atoms with van der Waals surface area (Å²) in [6.07, 6.45) is 0. The number of nitrogens with zero attached hydrogens (tertiary/aromatic N) is 2. The molecule has 1 aromatic carbocycles.